The molecule has 0 heterocycles. The molecule has 0 aliphatic rings. The van der Waals surface area contributed by atoms with Gasteiger partial charge in [0.2, 0.25) is 0 Å². The predicted octanol–water partition coefficient (Wildman–Crippen LogP) is 3.58. The number of alkyl halides is 4. The van der Waals surface area contributed by atoms with E-state index in [0.29, 0.717) is 11.1 Å². The molecule has 0 spiro atoms. The number of hydrogen-bond acceptors (Lipinski definition) is 1. The smallest absolute Gasteiger partial charge is 0.300 e. The zero-order valence-corrected chi connectivity index (χ0v) is 9.32. The van der Waals surface area contributed by atoms with Crippen molar-refractivity contribution >= 4 is 17.4 Å². The highest BCUT2D eigenvalue weighted by molar-refractivity contribution is 6.17. The Balaban J connectivity index is 3.16. The van der Waals surface area contributed by atoms with Gasteiger partial charge in [0.15, 0.2) is 0 Å². The van der Waals surface area contributed by atoms with Crippen molar-refractivity contribution in [1.29, 1.82) is 0 Å². The third kappa shape index (κ3) is 3.52. The zero-order valence-electron chi connectivity index (χ0n) is 8.57. The summed E-state index contributed by atoms with van der Waals surface area (Å²) in [6.07, 6.45) is -4.42. The third-order valence-corrected chi connectivity index (χ3v) is 2.30. The summed E-state index contributed by atoms with van der Waals surface area (Å²) in [6.45, 7) is 1.33. The summed E-state index contributed by atoms with van der Waals surface area (Å²) >= 11 is 5.51. The molecular formula is C11H10ClF3O. The van der Waals surface area contributed by atoms with Crippen LogP contribution in [0.3, 0.4) is 0 Å². The van der Waals surface area contributed by atoms with E-state index in [4.69, 9.17) is 11.6 Å². The molecule has 1 nitrogen and oxygen atoms in total. The molecule has 0 aliphatic heterocycles. The van der Waals surface area contributed by atoms with E-state index in [-0.39, 0.29) is 18.1 Å². The first kappa shape index (κ1) is 13.0. The van der Waals surface area contributed by atoms with Gasteiger partial charge in [0.25, 0.3) is 0 Å². The maximum absolute atomic E-state index is 12.5. The molecule has 0 atom stereocenters. The van der Waals surface area contributed by atoms with Crippen LogP contribution in [0.1, 0.15) is 23.6 Å². The van der Waals surface area contributed by atoms with E-state index in [1.807, 2.05) is 0 Å². The van der Waals surface area contributed by atoms with E-state index >= 15 is 0 Å². The summed E-state index contributed by atoms with van der Waals surface area (Å²) in [4.78, 5) is 10.9. The van der Waals surface area contributed by atoms with Crippen molar-refractivity contribution in [2.45, 2.75) is 25.4 Å². The van der Waals surface area contributed by atoms with Crippen molar-refractivity contribution in [2.75, 3.05) is 0 Å². The predicted molar refractivity (Wildman–Crippen MR) is 55.4 cm³/mol. The van der Waals surface area contributed by atoms with Crippen LogP contribution in [0.15, 0.2) is 18.2 Å². The van der Waals surface area contributed by atoms with E-state index in [0.717, 1.165) is 12.1 Å². The topological polar surface area (TPSA) is 17.1 Å². The van der Waals surface area contributed by atoms with Gasteiger partial charge in [-0.05, 0) is 30.2 Å². The summed E-state index contributed by atoms with van der Waals surface area (Å²) in [5, 5.41) is 0. The van der Waals surface area contributed by atoms with Crippen LogP contribution in [0.25, 0.3) is 0 Å². The van der Waals surface area contributed by atoms with E-state index < -0.39 is 11.7 Å². The maximum Gasteiger partial charge on any atom is 0.416 e. The zero-order chi connectivity index (χ0) is 12.3. The molecule has 0 saturated heterocycles. The Bertz CT molecular complexity index is 399. The van der Waals surface area contributed by atoms with Crippen LogP contribution in [0, 0.1) is 0 Å². The van der Waals surface area contributed by atoms with Crippen molar-refractivity contribution in [3.63, 3.8) is 0 Å². The van der Waals surface area contributed by atoms with E-state index in [9.17, 15) is 18.0 Å². The monoisotopic (exact) mass is 250 g/mol. The van der Waals surface area contributed by atoms with Gasteiger partial charge in [-0.3, -0.25) is 4.79 Å². The molecule has 0 saturated carbocycles. The van der Waals surface area contributed by atoms with Crippen molar-refractivity contribution in [1.82, 2.24) is 0 Å². The van der Waals surface area contributed by atoms with E-state index in [1.54, 1.807) is 0 Å². The number of benzene rings is 1. The Hall–Kier alpha value is -1.03. The first-order chi connectivity index (χ1) is 7.32. The van der Waals surface area contributed by atoms with Crippen LogP contribution in [-0.2, 0) is 23.3 Å². The molecule has 0 aliphatic carbocycles. The molecular weight excluding hydrogens is 241 g/mol. The highest BCUT2D eigenvalue weighted by Gasteiger charge is 2.31. The number of carbonyl (C=O) groups excluding carboxylic acids is 1. The van der Waals surface area contributed by atoms with Crippen LogP contribution >= 0.6 is 11.6 Å². The van der Waals surface area contributed by atoms with E-state index in [2.05, 4.69) is 0 Å². The Kier molecular flexibility index (Phi) is 3.97. The van der Waals surface area contributed by atoms with Gasteiger partial charge >= 0.3 is 6.18 Å². The largest absolute Gasteiger partial charge is 0.416 e. The number of rotatable bonds is 3. The summed E-state index contributed by atoms with van der Waals surface area (Å²) in [5.74, 6) is -0.186. The number of halogens is 4. The minimum absolute atomic E-state index is 0.00513. The number of Topliss-reactive ketones (excluding diaryl/α,β-unsaturated/α-hetero) is 1. The second-order valence-corrected chi connectivity index (χ2v) is 3.82. The number of carbonyl (C=O) groups is 1. The molecule has 1 aromatic rings. The molecule has 0 radical (unpaired) electrons. The molecule has 88 valence electrons. The van der Waals surface area contributed by atoms with Gasteiger partial charge in [-0.15, -0.1) is 11.6 Å². The van der Waals surface area contributed by atoms with Crippen LogP contribution in [-0.4, -0.2) is 5.78 Å². The minimum atomic E-state index is -4.41. The molecule has 1 rings (SSSR count). The second-order valence-electron chi connectivity index (χ2n) is 3.55. The lowest BCUT2D eigenvalue weighted by molar-refractivity contribution is -0.137. The molecule has 0 fully saturated rings. The number of hydrogen-bond donors (Lipinski definition) is 0. The van der Waals surface area contributed by atoms with Gasteiger partial charge in [0.1, 0.15) is 5.78 Å². The molecule has 0 N–H and O–H groups in total. The van der Waals surface area contributed by atoms with Gasteiger partial charge in [0, 0.05) is 12.3 Å². The van der Waals surface area contributed by atoms with Crippen LogP contribution < -0.4 is 0 Å². The SMILES string of the molecule is CC(=O)Cc1cc(CCl)cc(C(F)(F)F)c1. The third-order valence-electron chi connectivity index (χ3n) is 1.99. The lowest BCUT2D eigenvalue weighted by Crippen LogP contribution is -2.07. The molecule has 16 heavy (non-hydrogen) atoms. The van der Waals surface area contributed by atoms with Gasteiger partial charge in [0.05, 0.1) is 5.56 Å². The Morgan fingerprint density at radius 2 is 1.81 bits per heavy atom. The van der Waals surface area contributed by atoms with Crippen molar-refractivity contribution < 1.29 is 18.0 Å². The fourth-order valence-corrected chi connectivity index (χ4v) is 1.55. The summed E-state index contributed by atoms with van der Waals surface area (Å²) < 4.78 is 37.5. The fraction of sp³-hybridized carbons (Fsp3) is 0.364. The molecule has 0 bridgehead atoms. The molecule has 0 unspecified atom stereocenters. The molecule has 1 aromatic carbocycles. The summed E-state index contributed by atoms with van der Waals surface area (Å²) in [6, 6.07) is 3.50. The standard InChI is InChI=1S/C11H10ClF3O/c1-7(16)2-8-3-9(6-12)5-10(4-8)11(13,14)15/h3-5H,2,6H2,1H3. The lowest BCUT2D eigenvalue weighted by Gasteiger charge is -2.10. The molecule has 0 amide bonds. The quantitative estimate of drug-likeness (QED) is 0.750. The highest BCUT2D eigenvalue weighted by Crippen LogP contribution is 2.31. The van der Waals surface area contributed by atoms with Crippen molar-refractivity contribution in [2.24, 2.45) is 0 Å². The summed E-state index contributed by atoms with van der Waals surface area (Å²) in [5.41, 5.74) is -0.0485. The first-order valence-electron chi connectivity index (χ1n) is 4.58. The normalized spacial score (nSPS) is 11.6. The van der Waals surface area contributed by atoms with Crippen LogP contribution in [0.5, 0.6) is 0 Å². The lowest BCUT2D eigenvalue weighted by atomic mass is 10.0. The molecule has 5 heteroatoms. The summed E-state index contributed by atoms with van der Waals surface area (Å²) in [7, 11) is 0. The Morgan fingerprint density at radius 3 is 2.25 bits per heavy atom. The minimum Gasteiger partial charge on any atom is -0.300 e. The second kappa shape index (κ2) is 4.87. The van der Waals surface area contributed by atoms with Crippen LogP contribution in [0.2, 0.25) is 0 Å². The Morgan fingerprint density at radius 1 is 1.25 bits per heavy atom. The Labute approximate surface area is 96.2 Å². The average Bonchev–Trinajstić information content (AvgIpc) is 2.14. The van der Waals surface area contributed by atoms with Crippen molar-refractivity contribution in [3.05, 3.63) is 34.9 Å². The van der Waals surface area contributed by atoms with Gasteiger partial charge in [-0.25, -0.2) is 0 Å². The van der Waals surface area contributed by atoms with E-state index in [1.165, 1.54) is 13.0 Å². The van der Waals surface area contributed by atoms with Crippen molar-refractivity contribution in [3.8, 4) is 0 Å². The first-order valence-corrected chi connectivity index (χ1v) is 5.12. The highest BCUT2D eigenvalue weighted by atomic mass is 35.5. The number of ketones is 1. The van der Waals surface area contributed by atoms with Crippen LogP contribution in [0.4, 0.5) is 13.2 Å². The molecule has 0 aromatic heterocycles. The van der Waals surface area contributed by atoms with Gasteiger partial charge in [-0.2, -0.15) is 13.2 Å². The maximum atomic E-state index is 12.5. The fourth-order valence-electron chi connectivity index (χ4n) is 1.39. The average molecular weight is 251 g/mol. The van der Waals surface area contributed by atoms with Gasteiger partial charge in [-0.1, -0.05) is 6.07 Å². The van der Waals surface area contributed by atoms with Gasteiger partial charge < -0.3 is 0 Å².